The third-order valence-electron chi connectivity index (χ3n) is 6.56. The quantitative estimate of drug-likeness (QED) is 0.427. The van der Waals surface area contributed by atoms with Crippen LogP contribution in [-0.4, -0.2) is 20.9 Å². The van der Waals surface area contributed by atoms with Crippen LogP contribution in [0, 0.1) is 0 Å². The third kappa shape index (κ3) is 2.37. The summed E-state index contributed by atoms with van der Waals surface area (Å²) in [6, 6.07) is 16.4. The van der Waals surface area contributed by atoms with Crippen molar-refractivity contribution >= 4 is 27.7 Å². The van der Waals surface area contributed by atoms with E-state index < -0.39 is 0 Å². The standard InChI is InChI=1S/C26H18N4O2/c31-25-23-19(13-29-25)22-17-4-1-2-5-20(17)30-24(22)18-8-6-14-12-15(7-9-16(14)21(18)23)32-26-27-10-3-11-28-26/h1-5,7,9-12,30H,6,8,13H2,(H,29,31). The number of rotatable bonds is 2. The second-order valence-electron chi connectivity index (χ2n) is 8.26. The minimum atomic E-state index is 0.00860. The zero-order valence-corrected chi connectivity index (χ0v) is 17.1. The second kappa shape index (κ2) is 6.40. The molecule has 3 heterocycles. The first kappa shape index (κ1) is 17.5. The van der Waals surface area contributed by atoms with Gasteiger partial charge in [-0.3, -0.25) is 4.79 Å². The van der Waals surface area contributed by atoms with E-state index in [9.17, 15) is 4.79 Å². The van der Waals surface area contributed by atoms with Gasteiger partial charge in [-0.2, -0.15) is 0 Å². The Bertz CT molecular complexity index is 1570. The molecule has 1 aliphatic carbocycles. The van der Waals surface area contributed by atoms with Gasteiger partial charge in [-0.1, -0.05) is 24.3 Å². The van der Waals surface area contributed by atoms with Crippen molar-refractivity contribution < 1.29 is 9.53 Å². The fourth-order valence-electron chi connectivity index (χ4n) is 5.25. The fourth-order valence-corrected chi connectivity index (χ4v) is 5.25. The number of nitrogens with one attached hydrogen (secondary N) is 2. The van der Waals surface area contributed by atoms with Gasteiger partial charge < -0.3 is 15.0 Å². The molecule has 7 rings (SSSR count). The number of amides is 1. The molecule has 0 fully saturated rings. The monoisotopic (exact) mass is 418 g/mol. The van der Waals surface area contributed by atoms with Crippen molar-refractivity contribution in [2.24, 2.45) is 0 Å². The molecule has 1 aliphatic heterocycles. The molecule has 0 atom stereocenters. The van der Waals surface area contributed by atoms with Crippen molar-refractivity contribution in [3.63, 3.8) is 0 Å². The van der Waals surface area contributed by atoms with Gasteiger partial charge in [0.1, 0.15) is 5.75 Å². The lowest BCUT2D eigenvalue weighted by Gasteiger charge is -2.23. The van der Waals surface area contributed by atoms with Crippen LogP contribution in [0.1, 0.15) is 27.0 Å². The van der Waals surface area contributed by atoms with Gasteiger partial charge in [-0.15, -0.1) is 0 Å². The molecule has 32 heavy (non-hydrogen) atoms. The number of fused-ring (bicyclic) bond motifs is 10. The molecule has 0 saturated heterocycles. The molecule has 0 saturated carbocycles. The van der Waals surface area contributed by atoms with E-state index in [1.54, 1.807) is 18.5 Å². The number of hydrogen-bond acceptors (Lipinski definition) is 4. The summed E-state index contributed by atoms with van der Waals surface area (Å²) >= 11 is 0. The van der Waals surface area contributed by atoms with Crippen molar-refractivity contribution in [1.29, 1.82) is 0 Å². The highest BCUT2D eigenvalue weighted by molar-refractivity contribution is 6.19. The number of aryl methyl sites for hydroxylation is 2. The number of nitrogens with zero attached hydrogens (tertiary/aromatic N) is 2. The zero-order chi connectivity index (χ0) is 21.2. The average molecular weight is 418 g/mol. The number of aromatic nitrogens is 3. The molecule has 2 aromatic heterocycles. The zero-order valence-electron chi connectivity index (χ0n) is 17.1. The summed E-state index contributed by atoms with van der Waals surface area (Å²) in [5.74, 6) is 0.709. The van der Waals surface area contributed by atoms with Crippen LogP contribution < -0.4 is 10.1 Å². The van der Waals surface area contributed by atoms with Gasteiger partial charge in [0.2, 0.25) is 0 Å². The van der Waals surface area contributed by atoms with E-state index in [1.807, 2.05) is 18.2 Å². The molecule has 5 aromatic rings. The molecule has 2 aliphatic rings. The van der Waals surface area contributed by atoms with E-state index >= 15 is 0 Å². The van der Waals surface area contributed by atoms with Crippen LogP contribution >= 0.6 is 0 Å². The van der Waals surface area contributed by atoms with Crippen molar-refractivity contribution in [2.45, 2.75) is 19.4 Å². The molecule has 6 nitrogen and oxygen atoms in total. The predicted molar refractivity (Wildman–Crippen MR) is 122 cm³/mol. The summed E-state index contributed by atoms with van der Waals surface area (Å²) < 4.78 is 5.85. The Labute approximate surface area is 183 Å². The third-order valence-corrected chi connectivity index (χ3v) is 6.56. The molecule has 0 unspecified atom stereocenters. The van der Waals surface area contributed by atoms with Gasteiger partial charge in [0, 0.05) is 40.8 Å². The number of hydrogen-bond donors (Lipinski definition) is 2. The maximum atomic E-state index is 13.0. The Balaban J connectivity index is 1.47. The van der Waals surface area contributed by atoms with Crippen molar-refractivity contribution in [3.05, 3.63) is 83.2 Å². The van der Waals surface area contributed by atoms with Crippen LogP contribution in [0.2, 0.25) is 0 Å². The molecule has 0 spiro atoms. The first-order valence-electron chi connectivity index (χ1n) is 10.7. The van der Waals surface area contributed by atoms with Crippen LogP contribution in [0.4, 0.5) is 0 Å². The Hall–Kier alpha value is -4.19. The lowest BCUT2D eigenvalue weighted by Crippen LogP contribution is -2.15. The van der Waals surface area contributed by atoms with Gasteiger partial charge in [0.05, 0.1) is 11.1 Å². The van der Waals surface area contributed by atoms with E-state index in [0.29, 0.717) is 18.3 Å². The number of para-hydroxylation sites is 1. The number of carbonyl (C=O) groups is 1. The van der Waals surface area contributed by atoms with Gasteiger partial charge in [-0.25, -0.2) is 9.97 Å². The lowest BCUT2D eigenvalue weighted by molar-refractivity contribution is 0.0966. The minimum absolute atomic E-state index is 0.00860. The fraction of sp³-hybridized carbons (Fsp3) is 0.115. The number of carbonyl (C=O) groups excluding carboxylic acids is 1. The Morgan fingerprint density at radius 3 is 2.69 bits per heavy atom. The largest absolute Gasteiger partial charge is 0.424 e. The molecule has 3 aromatic carbocycles. The second-order valence-corrected chi connectivity index (χ2v) is 8.26. The summed E-state index contributed by atoms with van der Waals surface area (Å²) in [5, 5.41) is 5.42. The summed E-state index contributed by atoms with van der Waals surface area (Å²) in [7, 11) is 0. The normalized spacial score (nSPS) is 14.2. The maximum absolute atomic E-state index is 13.0. The van der Waals surface area contributed by atoms with E-state index in [0.717, 1.165) is 46.1 Å². The van der Waals surface area contributed by atoms with Gasteiger partial charge in [0.25, 0.3) is 5.91 Å². The molecular weight excluding hydrogens is 400 g/mol. The van der Waals surface area contributed by atoms with Gasteiger partial charge >= 0.3 is 6.01 Å². The number of ether oxygens (including phenoxy) is 1. The molecule has 0 bridgehead atoms. The Morgan fingerprint density at radius 1 is 0.906 bits per heavy atom. The molecule has 1 amide bonds. The molecule has 0 radical (unpaired) electrons. The molecular formula is C26H18N4O2. The first-order chi connectivity index (χ1) is 15.8. The molecule has 2 N–H and O–H groups in total. The van der Waals surface area contributed by atoms with E-state index in [-0.39, 0.29) is 5.91 Å². The Kier molecular flexibility index (Phi) is 3.50. The van der Waals surface area contributed by atoms with Crippen molar-refractivity contribution in [3.8, 4) is 22.9 Å². The van der Waals surface area contributed by atoms with Crippen LogP contribution in [0.3, 0.4) is 0 Å². The van der Waals surface area contributed by atoms with E-state index in [4.69, 9.17) is 4.74 Å². The summed E-state index contributed by atoms with van der Waals surface area (Å²) in [4.78, 5) is 24.9. The Morgan fingerprint density at radius 2 is 1.78 bits per heavy atom. The number of benzene rings is 3. The predicted octanol–water partition coefficient (Wildman–Crippen LogP) is 4.91. The topological polar surface area (TPSA) is 79.9 Å². The van der Waals surface area contributed by atoms with Gasteiger partial charge in [-0.05, 0) is 59.4 Å². The minimum Gasteiger partial charge on any atom is -0.424 e. The molecule has 6 heteroatoms. The first-order valence-corrected chi connectivity index (χ1v) is 10.7. The summed E-state index contributed by atoms with van der Waals surface area (Å²) in [6.07, 6.45) is 5.05. The van der Waals surface area contributed by atoms with Crippen LogP contribution in [0.15, 0.2) is 60.9 Å². The van der Waals surface area contributed by atoms with Crippen LogP contribution in [0.25, 0.3) is 32.9 Å². The highest BCUT2D eigenvalue weighted by Gasteiger charge is 2.33. The average Bonchev–Trinajstić information content (AvgIpc) is 3.40. The highest BCUT2D eigenvalue weighted by atomic mass is 16.5. The van der Waals surface area contributed by atoms with E-state index in [1.165, 1.54) is 21.9 Å². The lowest BCUT2D eigenvalue weighted by atomic mass is 9.80. The van der Waals surface area contributed by atoms with Crippen LogP contribution in [-0.2, 0) is 19.4 Å². The van der Waals surface area contributed by atoms with Crippen molar-refractivity contribution in [2.75, 3.05) is 0 Å². The SMILES string of the molecule is O=C1NCc2c1c1c(c3[nH]c4ccccc4c23)CCc2cc(Oc3ncccn3)ccc2-1. The number of H-pyrrole nitrogens is 1. The van der Waals surface area contributed by atoms with Crippen LogP contribution in [0.5, 0.6) is 11.8 Å². The number of aromatic amines is 1. The van der Waals surface area contributed by atoms with Crippen molar-refractivity contribution in [1.82, 2.24) is 20.3 Å². The summed E-state index contributed by atoms with van der Waals surface area (Å²) in [5.41, 5.74) is 8.71. The van der Waals surface area contributed by atoms with E-state index in [2.05, 4.69) is 44.5 Å². The molecule has 154 valence electrons. The highest BCUT2D eigenvalue weighted by Crippen LogP contribution is 2.46. The summed E-state index contributed by atoms with van der Waals surface area (Å²) in [6.45, 7) is 0.557. The maximum Gasteiger partial charge on any atom is 0.321 e. The smallest absolute Gasteiger partial charge is 0.321 e. The van der Waals surface area contributed by atoms with Gasteiger partial charge in [0.15, 0.2) is 0 Å².